The average Bonchev–Trinajstić information content (AvgIpc) is 3.07. The van der Waals surface area contributed by atoms with Crippen molar-refractivity contribution in [1.82, 2.24) is 19.7 Å². The first kappa shape index (κ1) is 18.9. The van der Waals surface area contributed by atoms with Crippen molar-refractivity contribution < 1.29 is 9.53 Å². The Hall–Kier alpha value is -3.45. The van der Waals surface area contributed by atoms with E-state index < -0.39 is 0 Å². The molecule has 1 amide bonds. The summed E-state index contributed by atoms with van der Waals surface area (Å²) >= 11 is 6.61. The molecule has 0 saturated heterocycles. The van der Waals surface area contributed by atoms with E-state index in [1.165, 1.54) is 6.20 Å². The van der Waals surface area contributed by atoms with Gasteiger partial charge in [0.1, 0.15) is 11.6 Å². The molecule has 4 rings (SSSR count). The molecule has 1 aromatic carbocycles. The van der Waals surface area contributed by atoms with E-state index in [2.05, 4.69) is 20.4 Å². The first-order valence-electron chi connectivity index (χ1n) is 8.91. The number of carbonyl (C=O) groups is 1. The largest absolute Gasteiger partial charge is 0.497 e. The van der Waals surface area contributed by atoms with Gasteiger partial charge in [0.15, 0.2) is 5.65 Å². The molecule has 0 unspecified atom stereocenters. The number of carbonyl (C=O) groups excluding carboxylic acids is 1. The summed E-state index contributed by atoms with van der Waals surface area (Å²) in [7, 11) is 1.61. The van der Waals surface area contributed by atoms with E-state index in [9.17, 15) is 4.79 Å². The topological polar surface area (TPSA) is 81.9 Å². The number of hydrogen-bond acceptors (Lipinski definition) is 5. The molecule has 0 aliphatic carbocycles. The maximum Gasteiger partial charge on any atom is 0.259 e. The summed E-state index contributed by atoms with van der Waals surface area (Å²) in [5, 5.41) is 8.28. The second-order valence-electron chi connectivity index (χ2n) is 6.51. The van der Waals surface area contributed by atoms with Gasteiger partial charge in [0.25, 0.3) is 5.91 Å². The predicted molar refractivity (Wildman–Crippen MR) is 112 cm³/mol. The van der Waals surface area contributed by atoms with E-state index >= 15 is 0 Å². The zero-order valence-electron chi connectivity index (χ0n) is 16.1. The third-order valence-electron chi connectivity index (χ3n) is 4.59. The maximum absolute atomic E-state index is 12.8. The Morgan fingerprint density at radius 1 is 1.17 bits per heavy atom. The molecule has 0 aliphatic heterocycles. The Bertz CT molecular complexity index is 1240. The number of methoxy groups -OCH3 is 1. The van der Waals surface area contributed by atoms with Crippen molar-refractivity contribution in [3.8, 4) is 11.4 Å². The number of halogens is 1. The van der Waals surface area contributed by atoms with Crippen molar-refractivity contribution in [2.75, 3.05) is 12.4 Å². The van der Waals surface area contributed by atoms with Crippen LogP contribution >= 0.6 is 11.6 Å². The Morgan fingerprint density at radius 3 is 2.76 bits per heavy atom. The predicted octanol–water partition coefficient (Wildman–Crippen LogP) is 4.35. The summed E-state index contributed by atoms with van der Waals surface area (Å²) in [6, 6.07) is 11.1. The van der Waals surface area contributed by atoms with Crippen molar-refractivity contribution in [1.29, 1.82) is 0 Å². The number of aromatic nitrogens is 4. The molecule has 3 aromatic heterocycles. The number of fused-ring (bicyclic) bond motifs is 1. The number of amides is 1. The molecule has 146 valence electrons. The number of hydrogen-bond donors (Lipinski definition) is 1. The van der Waals surface area contributed by atoms with E-state index in [4.69, 9.17) is 16.3 Å². The fraction of sp³-hybridized carbons (Fsp3) is 0.143. The Kier molecular flexibility index (Phi) is 4.90. The highest BCUT2D eigenvalue weighted by Crippen LogP contribution is 2.31. The van der Waals surface area contributed by atoms with Crippen LogP contribution in [0.1, 0.15) is 21.6 Å². The van der Waals surface area contributed by atoms with Crippen molar-refractivity contribution >= 4 is 34.4 Å². The molecule has 0 spiro atoms. The Balaban J connectivity index is 1.77. The number of rotatable bonds is 4. The lowest BCUT2D eigenvalue weighted by Gasteiger charge is -2.09. The molecule has 0 aliphatic rings. The lowest BCUT2D eigenvalue weighted by molar-refractivity contribution is 0.102. The summed E-state index contributed by atoms with van der Waals surface area (Å²) in [4.78, 5) is 21.4. The molecule has 0 saturated carbocycles. The van der Waals surface area contributed by atoms with Gasteiger partial charge >= 0.3 is 0 Å². The molecule has 0 bridgehead atoms. The van der Waals surface area contributed by atoms with Gasteiger partial charge in [-0.05, 0) is 37.6 Å². The monoisotopic (exact) mass is 407 g/mol. The highest BCUT2D eigenvalue weighted by Gasteiger charge is 2.20. The smallest absolute Gasteiger partial charge is 0.259 e. The molecule has 0 fully saturated rings. The van der Waals surface area contributed by atoms with Gasteiger partial charge in [-0.3, -0.25) is 4.79 Å². The third kappa shape index (κ3) is 3.40. The molecular formula is C21H18ClN5O2. The van der Waals surface area contributed by atoms with Gasteiger partial charge in [-0.2, -0.15) is 5.10 Å². The lowest BCUT2D eigenvalue weighted by atomic mass is 10.2. The molecule has 7 nitrogen and oxygen atoms in total. The minimum atomic E-state index is -0.375. The number of benzene rings is 1. The van der Waals surface area contributed by atoms with Crippen molar-refractivity contribution in [3.63, 3.8) is 0 Å². The molecular weight excluding hydrogens is 390 g/mol. The first-order valence-corrected chi connectivity index (χ1v) is 9.28. The fourth-order valence-electron chi connectivity index (χ4n) is 3.08. The van der Waals surface area contributed by atoms with Crippen LogP contribution in [0.5, 0.6) is 5.75 Å². The number of ether oxygens (including phenoxy) is 1. The molecule has 29 heavy (non-hydrogen) atoms. The van der Waals surface area contributed by atoms with Crippen molar-refractivity contribution in [3.05, 3.63) is 70.6 Å². The molecule has 3 heterocycles. The van der Waals surface area contributed by atoms with Crippen LogP contribution in [-0.4, -0.2) is 32.8 Å². The van der Waals surface area contributed by atoms with Crippen molar-refractivity contribution in [2.24, 2.45) is 0 Å². The number of nitrogens with zero attached hydrogens (tertiary/aromatic N) is 4. The molecule has 8 heteroatoms. The zero-order chi connectivity index (χ0) is 20.5. The van der Waals surface area contributed by atoms with E-state index in [1.807, 2.05) is 50.2 Å². The quantitative estimate of drug-likeness (QED) is 0.544. The molecule has 0 atom stereocenters. The van der Waals surface area contributed by atoms with Crippen LogP contribution in [0.3, 0.4) is 0 Å². The average molecular weight is 408 g/mol. The number of aryl methyl sites for hydroxylation is 2. The van der Waals surface area contributed by atoms with Crippen molar-refractivity contribution in [2.45, 2.75) is 13.8 Å². The van der Waals surface area contributed by atoms with E-state index in [1.54, 1.807) is 18.0 Å². The summed E-state index contributed by atoms with van der Waals surface area (Å²) in [5.74, 6) is 0.814. The third-order valence-corrected chi connectivity index (χ3v) is 4.98. The lowest BCUT2D eigenvalue weighted by Crippen LogP contribution is -2.15. The summed E-state index contributed by atoms with van der Waals surface area (Å²) in [6.45, 7) is 3.70. The van der Waals surface area contributed by atoms with E-state index in [-0.39, 0.29) is 11.5 Å². The van der Waals surface area contributed by atoms with Crippen LogP contribution in [0.25, 0.3) is 16.7 Å². The first-order chi connectivity index (χ1) is 14.0. The van der Waals surface area contributed by atoms with Crippen LogP contribution in [0.2, 0.25) is 5.02 Å². The van der Waals surface area contributed by atoms with Gasteiger partial charge in [-0.15, -0.1) is 0 Å². The zero-order valence-corrected chi connectivity index (χ0v) is 16.9. The second kappa shape index (κ2) is 7.52. The van der Waals surface area contributed by atoms with Gasteiger partial charge < -0.3 is 10.1 Å². The van der Waals surface area contributed by atoms with Gasteiger partial charge in [0.2, 0.25) is 0 Å². The highest BCUT2D eigenvalue weighted by molar-refractivity contribution is 6.39. The number of anilines is 1. The van der Waals surface area contributed by atoms with Gasteiger partial charge in [-0.1, -0.05) is 23.7 Å². The maximum atomic E-state index is 12.8. The Morgan fingerprint density at radius 2 is 2.00 bits per heavy atom. The minimum Gasteiger partial charge on any atom is -0.497 e. The van der Waals surface area contributed by atoms with Gasteiger partial charge in [-0.25, -0.2) is 14.6 Å². The highest BCUT2D eigenvalue weighted by atomic mass is 35.5. The van der Waals surface area contributed by atoms with Crippen LogP contribution in [0.15, 0.2) is 48.8 Å². The van der Waals surface area contributed by atoms with Gasteiger partial charge in [0.05, 0.1) is 34.5 Å². The summed E-state index contributed by atoms with van der Waals surface area (Å²) < 4.78 is 6.97. The number of nitrogens with one attached hydrogen (secondary N) is 1. The van der Waals surface area contributed by atoms with Crippen LogP contribution in [0.4, 0.5) is 5.82 Å². The van der Waals surface area contributed by atoms with Crippen LogP contribution < -0.4 is 10.1 Å². The normalized spacial score (nSPS) is 10.9. The summed E-state index contributed by atoms with van der Waals surface area (Å²) in [6.07, 6.45) is 3.07. The molecule has 0 radical (unpaired) electrons. The standard InChI is InChI=1S/C21H18ClN5O2/c1-12-6-5-9-23-19(12)25-21(28)16-11-24-20-17(18(16)22)13(2)26-27(20)14-7-4-8-15(10-14)29-3/h4-11H,1-3H3,(H,23,25,28). The Labute approximate surface area is 172 Å². The fourth-order valence-corrected chi connectivity index (χ4v) is 3.44. The summed E-state index contributed by atoms with van der Waals surface area (Å²) in [5.41, 5.74) is 3.13. The SMILES string of the molecule is COc1cccc(-n2nc(C)c3c(Cl)c(C(=O)Nc4ncccc4C)cnc32)c1. The van der Waals surface area contributed by atoms with Crippen LogP contribution in [-0.2, 0) is 0 Å². The van der Waals surface area contributed by atoms with Gasteiger partial charge in [0, 0.05) is 18.5 Å². The minimum absolute atomic E-state index is 0.262. The molecule has 1 N–H and O–H groups in total. The van der Waals surface area contributed by atoms with E-state index in [0.717, 1.165) is 11.3 Å². The molecule has 4 aromatic rings. The van der Waals surface area contributed by atoms with Crippen LogP contribution in [0, 0.1) is 13.8 Å². The van der Waals surface area contributed by atoms with E-state index in [0.29, 0.717) is 33.3 Å². The second-order valence-corrected chi connectivity index (χ2v) is 6.88. The number of pyridine rings is 2.